The van der Waals surface area contributed by atoms with Gasteiger partial charge in [-0.1, -0.05) is 54.6 Å². The minimum Gasteiger partial charge on any atom is -0.352 e. The summed E-state index contributed by atoms with van der Waals surface area (Å²) in [7, 11) is 0. The summed E-state index contributed by atoms with van der Waals surface area (Å²) in [6.45, 7) is 0.454. The van der Waals surface area contributed by atoms with Crippen molar-refractivity contribution in [2.24, 2.45) is 0 Å². The molecule has 0 saturated carbocycles. The van der Waals surface area contributed by atoms with Gasteiger partial charge in [-0.3, -0.25) is 25.0 Å². The lowest BCUT2D eigenvalue weighted by molar-refractivity contribution is -0.385. The Bertz CT molecular complexity index is 1150. The highest BCUT2D eigenvalue weighted by molar-refractivity contribution is 7.80. The number of anilines is 1. The predicted molar refractivity (Wildman–Crippen MR) is 126 cm³/mol. The lowest BCUT2D eigenvalue weighted by Crippen LogP contribution is -2.35. The second-order valence-corrected chi connectivity index (χ2v) is 7.13. The third kappa shape index (κ3) is 5.96. The van der Waals surface area contributed by atoms with E-state index in [1.54, 1.807) is 24.3 Å². The number of hydrogen-bond donors (Lipinski definition) is 3. The molecule has 0 aromatic heterocycles. The van der Waals surface area contributed by atoms with Crippen LogP contribution in [-0.2, 0) is 6.42 Å². The van der Waals surface area contributed by atoms with Crippen LogP contribution in [0.5, 0.6) is 0 Å². The van der Waals surface area contributed by atoms with Crippen LogP contribution >= 0.6 is 12.2 Å². The molecule has 0 aliphatic carbocycles. The van der Waals surface area contributed by atoms with Gasteiger partial charge in [-0.05, 0) is 42.4 Å². The molecular formula is C23H20N4O4S. The van der Waals surface area contributed by atoms with Gasteiger partial charge in [0.05, 0.1) is 16.2 Å². The van der Waals surface area contributed by atoms with Gasteiger partial charge in [-0.2, -0.15) is 0 Å². The van der Waals surface area contributed by atoms with E-state index in [2.05, 4.69) is 16.0 Å². The maximum absolute atomic E-state index is 12.6. The van der Waals surface area contributed by atoms with Crippen molar-refractivity contribution in [3.05, 3.63) is 106 Å². The van der Waals surface area contributed by atoms with Gasteiger partial charge in [0, 0.05) is 12.6 Å². The molecule has 0 spiro atoms. The third-order valence-corrected chi connectivity index (χ3v) is 4.74. The van der Waals surface area contributed by atoms with Crippen molar-refractivity contribution in [3.8, 4) is 0 Å². The van der Waals surface area contributed by atoms with E-state index >= 15 is 0 Å². The molecule has 162 valence electrons. The van der Waals surface area contributed by atoms with Crippen molar-refractivity contribution in [1.29, 1.82) is 0 Å². The average Bonchev–Trinajstić information content (AvgIpc) is 2.80. The minimum atomic E-state index is -0.723. The number of rotatable bonds is 7. The van der Waals surface area contributed by atoms with E-state index < -0.39 is 10.8 Å². The summed E-state index contributed by atoms with van der Waals surface area (Å²) in [6.07, 6.45) is 0.687. The number of nitrogens with zero attached hydrogens (tertiary/aromatic N) is 1. The van der Waals surface area contributed by atoms with Crippen molar-refractivity contribution in [3.63, 3.8) is 0 Å². The van der Waals surface area contributed by atoms with Crippen LogP contribution in [0.3, 0.4) is 0 Å². The highest BCUT2D eigenvalue weighted by Crippen LogP contribution is 2.18. The lowest BCUT2D eigenvalue weighted by Gasteiger charge is -2.13. The highest BCUT2D eigenvalue weighted by atomic mass is 32.1. The predicted octanol–water partition coefficient (Wildman–Crippen LogP) is 3.69. The number of carbonyl (C=O) groups excluding carboxylic acids is 2. The Morgan fingerprint density at radius 3 is 2.19 bits per heavy atom. The van der Waals surface area contributed by atoms with Crippen LogP contribution in [0.2, 0.25) is 0 Å². The van der Waals surface area contributed by atoms with Crippen molar-refractivity contribution >= 4 is 40.5 Å². The molecule has 2 amide bonds. The van der Waals surface area contributed by atoms with Gasteiger partial charge < -0.3 is 10.6 Å². The van der Waals surface area contributed by atoms with Crippen molar-refractivity contribution < 1.29 is 14.5 Å². The van der Waals surface area contributed by atoms with Crippen LogP contribution in [0.15, 0.2) is 78.9 Å². The van der Waals surface area contributed by atoms with E-state index in [-0.39, 0.29) is 22.3 Å². The number of para-hydroxylation sites is 2. The Morgan fingerprint density at radius 2 is 1.47 bits per heavy atom. The second-order valence-electron chi connectivity index (χ2n) is 6.72. The summed E-state index contributed by atoms with van der Waals surface area (Å²) in [5, 5.41) is 19.1. The van der Waals surface area contributed by atoms with Crippen LogP contribution in [0.25, 0.3) is 0 Å². The molecule has 0 saturated heterocycles. The molecule has 3 aromatic rings. The molecule has 32 heavy (non-hydrogen) atoms. The summed E-state index contributed by atoms with van der Waals surface area (Å²) in [4.78, 5) is 35.6. The Labute approximate surface area is 189 Å². The fraction of sp³-hybridized carbons (Fsp3) is 0.0870. The molecule has 0 aliphatic rings. The first-order valence-corrected chi connectivity index (χ1v) is 10.1. The number of nitro benzene ring substituents is 1. The van der Waals surface area contributed by atoms with E-state index in [9.17, 15) is 19.7 Å². The Kier molecular flexibility index (Phi) is 7.60. The van der Waals surface area contributed by atoms with Crippen molar-refractivity contribution in [1.82, 2.24) is 10.6 Å². The van der Waals surface area contributed by atoms with Gasteiger partial charge in [-0.15, -0.1) is 0 Å². The molecule has 3 aromatic carbocycles. The monoisotopic (exact) mass is 448 g/mol. The highest BCUT2D eigenvalue weighted by Gasteiger charge is 2.20. The molecule has 9 heteroatoms. The number of benzene rings is 3. The summed E-state index contributed by atoms with van der Waals surface area (Å²) in [5.41, 5.74) is 1.41. The molecule has 8 nitrogen and oxygen atoms in total. The number of thiocarbonyl (C=S) groups is 1. The number of amides is 2. The van der Waals surface area contributed by atoms with Gasteiger partial charge in [0.2, 0.25) is 0 Å². The average molecular weight is 449 g/mol. The minimum absolute atomic E-state index is 0.0855. The zero-order chi connectivity index (χ0) is 22.9. The molecular weight excluding hydrogens is 428 g/mol. The zero-order valence-electron chi connectivity index (χ0n) is 16.9. The van der Waals surface area contributed by atoms with Gasteiger partial charge in [-0.25, -0.2) is 0 Å². The largest absolute Gasteiger partial charge is 0.352 e. The van der Waals surface area contributed by atoms with Crippen LogP contribution in [-0.4, -0.2) is 28.4 Å². The number of nitro groups is 1. The maximum Gasteiger partial charge on any atom is 0.282 e. The van der Waals surface area contributed by atoms with E-state index in [0.29, 0.717) is 24.2 Å². The van der Waals surface area contributed by atoms with Crippen LogP contribution in [0, 0.1) is 10.1 Å². The fourth-order valence-corrected chi connectivity index (χ4v) is 3.20. The van der Waals surface area contributed by atoms with E-state index in [1.807, 2.05) is 30.3 Å². The lowest BCUT2D eigenvalue weighted by atomic mass is 10.1. The first-order valence-electron chi connectivity index (χ1n) is 9.72. The molecule has 3 rings (SSSR count). The second kappa shape index (κ2) is 10.8. The number of hydrogen-bond acceptors (Lipinski definition) is 5. The van der Waals surface area contributed by atoms with Gasteiger partial charge in [0.25, 0.3) is 17.5 Å². The zero-order valence-corrected chi connectivity index (χ0v) is 17.7. The molecule has 0 radical (unpaired) electrons. The molecule has 0 atom stereocenters. The smallest absolute Gasteiger partial charge is 0.282 e. The van der Waals surface area contributed by atoms with Crippen LogP contribution < -0.4 is 16.0 Å². The van der Waals surface area contributed by atoms with E-state index in [1.165, 1.54) is 24.3 Å². The number of nitrogens with one attached hydrogen (secondary N) is 3. The summed E-state index contributed by atoms with van der Waals surface area (Å²) < 4.78 is 0. The molecule has 0 aliphatic heterocycles. The molecule has 0 heterocycles. The van der Waals surface area contributed by atoms with Gasteiger partial charge in [0.15, 0.2) is 5.11 Å². The van der Waals surface area contributed by atoms with E-state index in [0.717, 1.165) is 5.56 Å². The fourth-order valence-electron chi connectivity index (χ4n) is 3.00. The molecule has 3 N–H and O–H groups in total. The van der Waals surface area contributed by atoms with Crippen molar-refractivity contribution in [2.45, 2.75) is 6.42 Å². The molecule has 0 fully saturated rings. The quantitative estimate of drug-likeness (QED) is 0.289. The van der Waals surface area contributed by atoms with Gasteiger partial charge >= 0.3 is 0 Å². The van der Waals surface area contributed by atoms with Crippen molar-refractivity contribution in [2.75, 3.05) is 11.9 Å². The summed E-state index contributed by atoms with van der Waals surface area (Å²) >= 11 is 5.17. The Hall–Kier alpha value is -4.11. The normalized spacial score (nSPS) is 10.1. The van der Waals surface area contributed by atoms with Crippen LogP contribution in [0.1, 0.15) is 26.3 Å². The Balaban J connectivity index is 1.63. The first-order chi connectivity index (χ1) is 15.5. The topological polar surface area (TPSA) is 113 Å². The summed E-state index contributed by atoms with van der Waals surface area (Å²) in [5.74, 6) is -1.02. The maximum atomic E-state index is 12.6. The SMILES string of the molecule is O=C(NCCc1ccccc1)c1ccccc1NC(=S)NC(=O)c1ccccc1[N+](=O)[O-]. The van der Waals surface area contributed by atoms with E-state index in [4.69, 9.17) is 12.2 Å². The van der Waals surface area contributed by atoms with Crippen LogP contribution in [0.4, 0.5) is 11.4 Å². The third-order valence-electron chi connectivity index (χ3n) is 4.53. The first kappa shape index (κ1) is 22.6. The Morgan fingerprint density at radius 1 is 0.844 bits per heavy atom. The molecule has 0 bridgehead atoms. The number of carbonyl (C=O) groups is 2. The van der Waals surface area contributed by atoms with Gasteiger partial charge in [0.1, 0.15) is 5.56 Å². The molecule has 0 unspecified atom stereocenters. The standard InChI is InChI=1S/C23H20N4O4S/c28-21(24-15-14-16-8-2-1-3-9-16)17-10-4-6-12-19(17)25-23(32)26-22(29)18-11-5-7-13-20(18)27(30)31/h1-13H,14-15H2,(H,24,28)(H2,25,26,29,32). The summed E-state index contributed by atoms with van der Waals surface area (Å²) in [6, 6.07) is 22.1.